The average Bonchev–Trinajstić information content (AvgIpc) is 2.87. The highest BCUT2D eigenvalue weighted by molar-refractivity contribution is 5.75. The van der Waals surface area contributed by atoms with Gasteiger partial charge in [0.25, 0.3) is 0 Å². The number of anilines is 1. The van der Waals surface area contributed by atoms with E-state index in [1.54, 1.807) is 0 Å². The molecule has 0 spiro atoms. The lowest BCUT2D eigenvalue weighted by Gasteiger charge is -2.16. The second kappa shape index (κ2) is 4.30. The Morgan fingerprint density at radius 2 is 2.12 bits per heavy atom. The van der Waals surface area contributed by atoms with Crippen molar-refractivity contribution in [2.45, 2.75) is 6.42 Å². The zero-order valence-electron chi connectivity index (χ0n) is 9.58. The zero-order valence-corrected chi connectivity index (χ0v) is 9.58. The molecular weight excluding hydrogens is 214 g/mol. The Bertz CT molecular complexity index is 529. The van der Waals surface area contributed by atoms with Crippen molar-refractivity contribution in [3.8, 4) is 0 Å². The lowest BCUT2D eigenvalue weighted by molar-refractivity contribution is 0.238. The van der Waals surface area contributed by atoms with Crippen LogP contribution in [0.2, 0.25) is 0 Å². The predicted octanol–water partition coefficient (Wildman–Crippen LogP) is 1.45. The van der Waals surface area contributed by atoms with E-state index >= 15 is 0 Å². The van der Waals surface area contributed by atoms with E-state index in [-0.39, 0.29) is 6.61 Å². The second-order valence-electron chi connectivity index (χ2n) is 4.50. The summed E-state index contributed by atoms with van der Waals surface area (Å²) in [6, 6.07) is 7.88. The van der Waals surface area contributed by atoms with Crippen molar-refractivity contribution in [3.05, 3.63) is 30.5 Å². The maximum Gasteiger partial charge on any atom is 0.147 e. The van der Waals surface area contributed by atoms with E-state index in [0.717, 1.165) is 36.4 Å². The summed E-state index contributed by atoms with van der Waals surface area (Å²) in [5.74, 6) is 1.29. The van der Waals surface area contributed by atoms with Crippen LogP contribution in [-0.2, 0) is 0 Å². The molecule has 0 saturated carbocycles. The van der Waals surface area contributed by atoms with Gasteiger partial charge in [0.2, 0.25) is 0 Å². The molecule has 4 heteroatoms. The van der Waals surface area contributed by atoms with E-state index in [0.29, 0.717) is 5.92 Å². The standard InChI is InChI=1S/C13H15N3O/c17-9-10-5-6-16(8-10)13-7-14-11-3-1-2-4-12(11)15-13/h1-4,7,10,17H,5-6,8-9H2. The number of fused-ring (bicyclic) bond motifs is 1. The number of para-hydroxylation sites is 2. The van der Waals surface area contributed by atoms with Crippen LogP contribution < -0.4 is 4.90 Å². The maximum absolute atomic E-state index is 9.14. The molecule has 1 aliphatic heterocycles. The van der Waals surface area contributed by atoms with Gasteiger partial charge in [0.05, 0.1) is 17.2 Å². The van der Waals surface area contributed by atoms with E-state index in [1.165, 1.54) is 0 Å². The van der Waals surface area contributed by atoms with E-state index in [9.17, 15) is 0 Å². The third-order valence-electron chi connectivity index (χ3n) is 3.30. The minimum Gasteiger partial charge on any atom is -0.396 e. The summed E-state index contributed by atoms with van der Waals surface area (Å²) in [5.41, 5.74) is 1.85. The van der Waals surface area contributed by atoms with Crippen LogP contribution in [0.5, 0.6) is 0 Å². The van der Waals surface area contributed by atoms with Crippen molar-refractivity contribution in [1.29, 1.82) is 0 Å². The van der Waals surface area contributed by atoms with Gasteiger partial charge in [-0.3, -0.25) is 4.98 Å². The highest BCUT2D eigenvalue weighted by Crippen LogP contribution is 2.22. The third-order valence-corrected chi connectivity index (χ3v) is 3.30. The first-order valence-electron chi connectivity index (χ1n) is 5.94. The Labute approximate surface area is 99.9 Å². The molecule has 1 unspecified atom stereocenters. The smallest absolute Gasteiger partial charge is 0.147 e. The van der Waals surface area contributed by atoms with Crippen molar-refractivity contribution in [2.24, 2.45) is 5.92 Å². The lowest BCUT2D eigenvalue weighted by Crippen LogP contribution is -2.21. The van der Waals surface area contributed by atoms with Crippen LogP contribution in [0.15, 0.2) is 30.5 Å². The normalized spacial score (nSPS) is 20.1. The van der Waals surface area contributed by atoms with Gasteiger partial charge in [-0.1, -0.05) is 12.1 Å². The molecule has 1 N–H and O–H groups in total. The molecule has 3 rings (SSSR count). The van der Waals surface area contributed by atoms with Gasteiger partial charge in [-0.25, -0.2) is 4.98 Å². The summed E-state index contributed by atoms with van der Waals surface area (Å²) in [6.45, 7) is 2.10. The molecule has 0 amide bonds. The Kier molecular flexibility index (Phi) is 2.65. The number of nitrogens with zero attached hydrogens (tertiary/aromatic N) is 3. The fourth-order valence-corrected chi connectivity index (χ4v) is 2.29. The molecule has 88 valence electrons. The van der Waals surface area contributed by atoms with Gasteiger partial charge in [0.15, 0.2) is 0 Å². The van der Waals surface area contributed by atoms with Gasteiger partial charge in [-0.15, -0.1) is 0 Å². The van der Waals surface area contributed by atoms with Crippen LogP contribution in [0, 0.1) is 5.92 Å². The molecule has 0 aliphatic carbocycles. The molecule has 1 atom stereocenters. The van der Waals surface area contributed by atoms with Gasteiger partial charge in [0, 0.05) is 25.6 Å². The van der Waals surface area contributed by atoms with Crippen molar-refractivity contribution >= 4 is 16.9 Å². The number of hydrogen-bond donors (Lipinski definition) is 1. The van der Waals surface area contributed by atoms with E-state index in [2.05, 4.69) is 14.9 Å². The minimum absolute atomic E-state index is 0.261. The Balaban J connectivity index is 1.91. The maximum atomic E-state index is 9.14. The number of aromatic nitrogens is 2. The van der Waals surface area contributed by atoms with Crippen LogP contribution >= 0.6 is 0 Å². The van der Waals surface area contributed by atoms with Gasteiger partial charge < -0.3 is 10.0 Å². The Morgan fingerprint density at radius 3 is 2.88 bits per heavy atom. The minimum atomic E-state index is 0.261. The molecule has 0 bridgehead atoms. The molecule has 4 nitrogen and oxygen atoms in total. The predicted molar refractivity (Wildman–Crippen MR) is 66.9 cm³/mol. The van der Waals surface area contributed by atoms with Gasteiger partial charge in [-0.05, 0) is 18.6 Å². The van der Waals surface area contributed by atoms with Gasteiger partial charge >= 0.3 is 0 Å². The molecule has 1 aromatic carbocycles. The van der Waals surface area contributed by atoms with E-state index < -0.39 is 0 Å². The first-order valence-corrected chi connectivity index (χ1v) is 5.94. The number of aliphatic hydroxyl groups excluding tert-OH is 1. The van der Waals surface area contributed by atoms with Crippen LogP contribution in [0.4, 0.5) is 5.82 Å². The molecule has 2 aromatic rings. The second-order valence-corrected chi connectivity index (χ2v) is 4.50. The fourth-order valence-electron chi connectivity index (χ4n) is 2.29. The fraction of sp³-hybridized carbons (Fsp3) is 0.385. The molecule has 0 radical (unpaired) electrons. The average molecular weight is 229 g/mol. The number of rotatable bonds is 2. The van der Waals surface area contributed by atoms with Crippen LogP contribution in [0.3, 0.4) is 0 Å². The highest BCUT2D eigenvalue weighted by Gasteiger charge is 2.22. The third kappa shape index (κ3) is 1.96. The summed E-state index contributed by atoms with van der Waals surface area (Å²) < 4.78 is 0. The quantitative estimate of drug-likeness (QED) is 0.846. The Morgan fingerprint density at radius 1 is 1.29 bits per heavy atom. The number of aliphatic hydroxyl groups is 1. The summed E-state index contributed by atoms with van der Waals surface area (Å²) in [5, 5.41) is 9.14. The van der Waals surface area contributed by atoms with Gasteiger partial charge in [0.1, 0.15) is 5.82 Å². The molecule has 17 heavy (non-hydrogen) atoms. The zero-order chi connectivity index (χ0) is 11.7. The largest absolute Gasteiger partial charge is 0.396 e. The first-order chi connectivity index (χ1) is 8.36. The monoisotopic (exact) mass is 229 g/mol. The van der Waals surface area contributed by atoms with Crippen molar-refractivity contribution in [2.75, 3.05) is 24.6 Å². The van der Waals surface area contributed by atoms with E-state index in [4.69, 9.17) is 5.11 Å². The van der Waals surface area contributed by atoms with Crippen LogP contribution in [0.1, 0.15) is 6.42 Å². The van der Waals surface area contributed by atoms with Crippen LogP contribution in [0.25, 0.3) is 11.0 Å². The lowest BCUT2D eigenvalue weighted by atomic mass is 10.1. The summed E-state index contributed by atoms with van der Waals surface area (Å²) >= 11 is 0. The topological polar surface area (TPSA) is 49.2 Å². The summed E-state index contributed by atoms with van der Waals surface area (Å²) in [6.07, 6.45) is 2.85. The molecule has 1 fully saturated rings. The summed E-state index contributed by atoms with van der Waals surface area (Å²) in [7, 11) is 0. The SMILES string of the molecule is OCC1CCN(c2cnc3ccccc3n2)C1. The molecule has 1 aromatic heterocycles. The van der Waals surface area contributed by atoms with Crippen molar-refractivity contribution in [3.63, 3.8) is 0 Å². The molecular formula is C13H15N3O. The van der Waals surface area contributed by atoms with Crippen molar-refractivity contribution in [1.82, 2.24) is 9.97 Å². The first kappa shape index (κ1) is 10.5. The molecule has 2 heterocycles. The highest BCUT2D eigenvalue weighted by atomic mass is 16.3. The molecule has 1 saturated heterocycles. The summed E-state index contributed by atoms with van der Waals surface area (Å²) in [4.78, 5) is 11.2. The van der Waals surface area contributed by atoms with Crippen molar-refractivity contribution < 1.29 is 5.11 Å². The number of hydrogen-bond acceptors (Lipinski definition) is 4. The Hall–Kier alpha value is -1.68. The van der Waals surface area contributed by atoms with Crippen LogP contribution in [-0.4, -0.2) is 34.8 Å². The van der Waals surface area contributed by atoms with Gasteiger partial charge in [-0.2, -0.15) is 0 Å². The molecule has 1 aliphatic rings. The van der Waals surface area contributed by atoms with E-state index in [1.807, 2.05) is 30.5 Å². The number of benzene rings is 1.